The van der Waals surface area contributed by atoms with Crippen molar-refractivity contribution in [2.75, 3.05) is 31.2 Å². The van der Waals surface area contributed by atoms with E-state index >= 15 is 0 Å². The Labute approximate surface area is 165 Å². The Kier molecular flexibility index (Phi) is 6.69. The number of hydrogen-bond acceptors (Lipinski definition) is 4. The summed E-state index contributed by atoms with van der Waals surface area (Å²) in [6, 6.07) is 10.3. The van der Waals surface area contributed by atoms with Gasteiger partial charge in [0.15, 0.2) is 0 Å². The lowest BCUT2D eigenvalue weighted by Crippen LogP contribution is -2.27. The highest BCUT2D eigenvalue weighted by molar-refractivity contribution is 6.07. The lowest BCUT2D eigenvalue weighted by atomic mass is 10.1. The van der Waals surface area contributed by atoms with Gasteiger partial charge in [-0.3, -0.25) is 9.59 Å². The fourth-order valence-electron chi connectivity index (χ4n) is 3.12. The smallest absolute Gasteiger partial charge is 0.256 e. The van der Waals surface area contributed by atoms with Gasteiger partial charge in [0.05, 0.1) is 12.8 Å². The number of ether oxygens (including phenoxy) is 1. The normalized spacial score (nSPS) is 13.0. The van der Waals surface area contributed by atoms with E-state index in [0.29, 0.717) is 28.3 Å². The van der Waals surface area contributed by atoms with Crippen LogP contribution in [0.4, 0.5) is 11.4 Å². The molecule has 144 valence electrons. The third kappa shape index (κ3) is 4.52. The highest BCUT2D eigenvalue weighted by Crippen LogP contribution is 2.28. The van der Waals surface area contributed by atoms with Gasteiger partial charge in [0.25, 0.3) is 11.8 Å². The summed E-state index contributed by atoms with van der Waals surface area (Å²) in [6.07, 6.45) is 2.06. The first-order chi connectivity index (χ1) is 12.5. The number of nitrogens with two attached hydrogens (primary N) is 1. The molecule has 27 heavy (non-hydrogen) atoms. The zero-order chi connectivity index (χ0) is 18.7. The number of nitrogens with one attached hydrogen (secondary N) is 1. The van der Waals surface area contributed by atoms with Crippen LogP contribution in [0, 0.1) is 6.92 Å². The quantitative estimate of drug-likeness (QED) is 0.784. The van der Waals surface area contributed by atoms with Gasteiger partial charge in [-0.2, -0.15) is 0 Å². The predicted octanol–water partition coefficient (Wildman–Crippen LogP) is 3.50. The molecule has 1 aliphatic heterocycles. The van der Waals surface area contributed by atoms with Gasteiger partial charge >= 0.3 is 0 Å². The maximum Gasteiger partial charge on any atom is 0.256 e. The van der Waals surface area contributed by atoms with Crippen molar-refractivity contribution in [3.63, 3.8) is 0 Å². The predicted molar refractivity (Wildman–Crippen MR) is 109 cm³/mol. The number of nitrogens with zero attached hydrogens (tertiary/aromatic N) is 1. The van der Waals surface area contributed by atoms with Gasteiger partial charge in [0.1, 0.15) is 5.75 Å². The summed E-state index contributed by atoms with van der Waals surface area (Å²) < 4.78 is 5.33. The average molecular weight is 390 g/mol. The van der Waals surface area contributed by atoms with Crippen LogP contribution < -0.4 is 15.8 Å². The maximum absolute atomic E-state index is 12.7. The zero-order valence-corrected chi connectivity index (χ0v) is 16.3. The van der Waals surface area contributed by atoms with Crippen LogP contribution >= 0.6 is 12.4 Å². The van der Waals surface area contributed by atoms with Crippen LogP contribution in [0.1, 0.15) is 39.1 Å². The molecular formula is C20H24ClN3O3. The number of rotatable bonds is 4. The van der Waals surface area contributed by atoms with Gasteiger partial charge in [-0.1, -0.05) is 6.07 Å². The Morgan fingerprint density at radius 3 is 2.48 bits per heavy atom. The van der Waals surface area contributed by atoms with Crippen molar-refractivity contribution in [1.82, 2.24) is 4.90 Å². The summed E-state index contributed by atoms with van der Waals surface area (Å²) >= 11 is 0. The van der Waals surface area contributed by atoms with Gasteiger partial charge in [0, 0.05) is 29.9 Å². The van der Waals surface area contributed by atoms with Crippen molar-refractivity contribution >= 4 is 35.6 Å². The SMILES string of the molecule is COc1ccc(C(=O)N2CCCC2)cc1NC(=O)c1cc(N)ccc1C.Cl. The number of nitrogen functional groups attached to an aromatic ring is 1. The van der Waals surface area contributed by atoms with Crippen molar-refractivity contribution in [2.24, 2.45) is 0 Å². The van der Waals surface area contributed by atoms with Crippen LogP contribution in [0.3, 0.4) is 0 Å². The summed E-state index contributed by atoms with van der Waals surface area (Å²) in [5, 5.41) is 2.84. The van der Waals surface area contributed by atoms with Crippen LogP contribution in [0.15, 0.2) is 36.4 Å². The third-order valence-corrected chi connectivity index (χ3v) is 4.59. The van der Waals surface area contributed by atoms with Gasteiger partial charge in [0.2, 0.25) is 0 Å². The first-order valence-electron chi connectivity index (χ1n) is 8.64. The van der Waals surface area contributed by atoms with Crippen molar-refractivity contribution in [1.29, 1.82) is 0 Å². The highest BCUT2D eigenvalue weighted by Gasteiger charge is 2.21. The standard InChI is InChI=1S/C20H23N3O3.ClH/c1-13-5-7-15(21)12-16(13)19(24)22-17-11-14(6-8-18(17)26-2)20(25)23-9-3-4-10-23;/h5-8,11-12H,3-4,9-10,21H2,1-2H3,(H,22,24);1H. The van der Waals surface area contributed by atoms with Gasteiger partial charge < -0.3 is 20.7 Å². The average Bonchev–Trinajstić information content (AvgIpc) is 3.17. The van der Waals surface area contributed by atoms with Crippen LogP contribution in [0.2, 0.25) is 0 Å². The number of benzene rings is 2. The van der Waals surface area contributed by atoms with Crippen LogP contribution in [0.25, 0.3) is 0 Å². The molecule has 0 radical (unpaired) electrons. The molecule has 1 heterocycles. The number of halogens is 1. The molecule has 0 aliphatic carbocycles. The van der Waals surface area contributed by atoms with E-state index < -0.39 is 0 Å². The second-order valence-electron chi connectivity index (χ2n) is 6.44. The van der Waals surface area contributed by atoms with E-state index in [4.69, 9.17) is 10.5 Å². The molecule has 7 heteroatoms. The number of hydrogen-bond donors (Lipinski definition) is 2. The number of anilines is 2. The summed E-state index contributed by atoms with van der Waals surface area (Å²) in [7, 11) is 1.53. The Bertz CT molecular complexity index is 848. The Hall–Kier alpha value is -2.73. The first-order valence-corrected chi connectivity index (χ1v) is 8.64. The Morgan fingerprint density at radius 1 is 1.11 bits per heavy atom. The minimum absolute atomic E-state index is 0. The molecule has 6 nitrogen and oxygen atoms in total. The summed E-state index contributed by atoms with van der Waals surface area (Å²) in [6.45, 7) is 3.39. The molecule has 2 aromatic rings. The largest absolute Gasteiger partial charge is 0.495 e. The summed E-state index contributed by atoms with van der Waals surface area (Å²) in [5.41, 5.74) is 8.62. The molecule has 3 N–H and O–H groups in total. The minimum atomic E-state index is -0.293. The number of amides is 2. The molecule has 0 spiro atoms. The van der Waals surface area contributed by atoms with Gasteiger partial charge in [-0.05, 0) is 55.7 Å². The van der Waals surface area contributed by atoms with Crippen LogP contribution in [-0.2, 0) is 0 Å². The highest BCUT2D eigenvalue weighted by atomic mass is 35.5. The topological polar surface area (TPSA) is 84.7 Å². The summed E-state index contributed by atoms with van der Waals surface area (Å²) in [5.74, 6) is 0.178. The van der Waals surface area contributed by atoms with Crippen molar-refractivity contribution in [2.45, 2.75) is 19.8 Å². The van der Waals surface area contributed by atoms with E-state index in [1.807, 2.05) is 11.8 Å². The second kappa shape index (κ2) is 8.77. The van der Waals surface area contributed by atoms with E-state index in [-0.39, 0.29) is 24.2 Å². The monoisotopic (exact) mass is 389 g/mol. The molecular weight excluding hydrogens is 366 g/mol. The van der Waals surface area contributed by atoms with Crippen molar-refractivity contribution in [3.05, 3.63) is 53.1 Å². The number of methoxy groups -OCH3 is 1. The van der Waals surface area contributed by atoms with E-state index in [0.717, 1.165) is 31.5 Å². The van der Waals surface area contributed by atoms with E-state index in [1.54, 1.807) is 36.4 Å². The van der Waals surface area contributed by atoms with E-state index in [1.165, 1.54) is 7.11 Å². The van der Waals surface area contributed by atoms with Crippen molar-refractivity contribution in [3.8, 4) is 5.75 Å². The van der Waals surface area contributed by atoms with Gasteiger partial charge in [-0.15, -0.1) is 12.4 Å². The molecule has 1 aliphatic rings. The fourth-order valence-corrected chi connectivity index (χ4v) is 3.12. The van der Waals surface area contributed by atoms with E-state index in [2.05, 4.69) is 5.32 Å². The van der Waals surface area contributed by atoms with Crippen LogP contribution in [-0.4, -0.2) is 36.9 Å². The lowest BCUT2D eigenvalue weighted by Gasteiger charge is -2.17. The molecule has 0 unspecified atom stereocenters. The summed E-state index contributed by atoms with van der Waals surface area (Å²) in [4.78, 5) is 27.1. The second-order valence-corrected chi connectivity index (χ2v) is 6.44. The molecule has 1 fully saturated rings. The van der Waals surface area contributed by atoms with Crippen LogP contribution in [0.5, 0.6) is 5.75 Å². The molecule has 3 rings (SSSR count). The number of likely N-dealkylation sites (tertiary alicyclic amines) is 1. The third-order valence-electron chi connectivity index (χ3n) is 4.59. The number of carbonyl (C=O) groups excluding carboxylic acids is 2. The van der Waals surface area contributed by atoms with Gasteiger partial charge in [-0.25, -0.2) is 0 Å². The zero-order valence-electron chi connectivity index (χ0n) is 15.5. The molecule has 2 amide bonds. The molecule has 0 atom stereocenters. The molecule has 1 saturated heterocycles. The number of carbonyl (C=O) groups is 2. The molecule has 2 aromatic carbocycles. The number of aryl methyl sites for hydroxylation is 1. The maximum atomic E-state index is 12.7. The lowest BCUT2D eigenvalue weighted by molar-refractivity contribution is 0.0792. The Balaban J connectivity index is 0.00000261. The first kappa shape index (κ1) is 20.6. The molecule has 0 bridgehead atoms. The minimum Gasteiger partial charge on any atom is -0.495 e. The van der Waals surface area contributed by atoms with E-state index in [9.17, 15) is 9.59 Å². The Morgan fingerprint density at radius 2 is 1.81 bits per heavy atom. The fraction of sp³-hybridized carbons (Fsp3) is 0.300. The molecule has 0 saturated carbocycles. The van der Waals surface area contributed by atoms with Crippen molar-refractivity contribution < 1.29 is 14.3 Å². The molecule has 0 aromatic heterocycles.